The van der Waals surface area contributed by atoms with E-state index in [2.05, 4.69) is 5.32 Å². The number of carbonyl (C=O) groups excluding carboxylic acids is 2. The first kappa shape index (κ1) is 18.9. The second kappa shape index (κ2) is 8.68. The molecule has 1 aliphatic heterocycles. The fourth-order valence-corrected chi connectivity index (χ4v) is 3.38. The Balaban J connectivity index is 1.55. The molecule has 0 spiro atoms. The Bertz CT molecular complexity index is 786. The number of methoxy groups -OCH3 is 1. The molecule has 0 radical (unpaired) electrons. The molecule has 1 atom stereocenters. The number of aliphatic hydroxyl groups is 1. The summed E-state index contributed by atoms with van der Waals surface area (Å²) in [6.45, 7) is 1.16. The van der Waals surface area contributed by atoms with Crippen molar-refractivity contribution in [1.82, 2.24) is 4.90 Å². The summed E-state index contributed by atoms with van der Waals surface area (Å²) in [4.78, 5) is 25.8. The fourth-order valence-electron chi connectivity index (χ4n) is 3.38. The van der Waals surface area contributed by atoms with Crippen molar-refractivity contribution in [1.29, 1.82) is 0 Å². The number of hydrogen-bond donors (Lipinski definition) is 2. The zero-order chi connectivity index (χ0) is 19.2. The van der Waals surface area contributed by atoms with Crippen LogP contribution >= 0.6 is 0 Å². The lowest BCUT2D eigenvalue weighted by atomic mass is 9.87. The molecule has 142 valence electrons. The SMILES string of the molecule is COC(=O)c1cccc(NC(=O)N2CCC(C(O)c3ccccc3)CC2)c1. The van der Waals surface area contributed by atoms with E-state index in [9.17, 15) is 14.7 Å². The molecule has 1 fully saturated rings. The van der Waals surface area contributed by atoms with Crippen molar-refractivity contribution in [2.75, 3.05) is 25.5 Å². The third-order valence-electron chi connectivity index (χ3n) is 4.95. The van der Waals surface area contributed by atoms with Gasteiger partial charge in [0.05, 0.1) is 18.8 Å². The Kier molecular flexibility index (Phi) is 6.08. The van der Waals surface area contributed by atoms with Crippen molar-refractivity contribution >= 4 is 17.7 Å². The molecule has 0 aromatic heterocycles. The Morgan fingerprint density at radius 1 is 1.11 bits per heavy atom. The van der Waals surface area contributed by atoms with E-state index in [0.717, 1.165) is 18.4 Å². The van der Waals surface area contributed by atoms with Crippen LogP contribution in [0.15, 0.2) is 54.6 Å². The largest absolute Gasteiger partial charge is 0.465 e. The number of ether oxygens (including phenoxy) is 1. The maximum absolute atomic E-state index is 12.5. The monoisotopic (exact) mass is 368 g/mol. The quantitative estimate of drug-likeness (QED) is 0.810. The van der Waals surface area contributed by atoms with Gasteiger partial charge < -0.3 is 20.1 Å². The lowest BCUT2D eigenvalue weighted by Gasteiger charge is -2.34. The fraction of sp³-hybridized carbons (Fsp3) is 0.333. The molecular weight excluding hydrogens is 344 g/mol. The molecule has 1 unspecified atom stereocenters. The van der Waals surface area contributed by atoms with Crippen LogP contribution < -0.4 is 5.32 Å². The van der Waals surface area contributed by atoms with Gasteiger partial charge in [0.15, 0.2) is 0 Å². The highest BCUT2D eigenvalue weighted by Gasteiger charge is 2.28. The lowest BCUT2D eigenvalue weighted by Crippen LogP contribution is -2.42. The summed E-state index contributed by atoms with van der Waals surface area (Å²) in [5.41, 5.74) is 1.86. The summed E-state index contributed by atoms with van der Waals surface area (Å²) in [6.07, 6.45) is 0.977. The van der Waals surface area contributed by atoms with Gasteiger partial charge in [-0.25, -0.2) is 9.59 Å². The van der Waals surface area contributed by atoms with Gasteiger partial charge in [0.2, 0.25) is 0 Å². The Morgan fingerprint density at radius 3 is 2.48 bits per heavy atom. The maximum Gasteiger partial charge on any atom is 0.337 e. The average Bonchev–Trinajstić information content (AvgIpc) is 2.73. The topological polar surface area (TPSA) is 78.9 Å². The Labute approximate surface area is 158 Å². The minimum Gasteiger partial charge on any atom is -0.465 e. The van der Waals surface area contributed by atoms with Gasteiger partial charge >= 0.3 is 12.0 Å². The third-order valence-corrected chi connectivity index (χ3v) is 4.95. The number of aliphatic hydroxyl groups excluding tert-OH is 1. The molecule has 1 heterocycles. The smallest absolute Gasteiger partial charge is 0.337 e. The molecule has 0 aliphatic carbocycles. The van der Waals surface area contributed by atoms with Crippen LogP contribution in [0.3, 0.4) is 0 Å². The molecule has 6 heteroatoms. The number of anilines is 1. The number of benzene rings is 2. The number of likely N-dealkylation sites (tertiary alicyclic amines) is 1. The van der Waals surface area contributed by atoms with Crippen molar-refractivity contribution in [2.45, 2.75) is 18.9 Å². The van der Waals surface area contributed by atoms with Gasteiger partial charge in [-0.05, 0) is 42.5 Å². The molecule has 1 saturated heterocycles. The average molecular weight is 368 g/mol. The summed E-state index contributed by atoms with van der Waals surface area (Å²) in [6, 6.07) is 16.1. The van der Waals surface area contributed by atoms with E-state index in [0.29, 0.717) is 24.3 Å². The normalized spacial score (nSPS) is 15.9. The maximum atomic E-state index is 12.5. The molecular formula is C21H24N2O4. The Hall–Kier alpha value is -2.86. The highest BCUT2D eigenvalue weighted by Crippen LogP contribution is 2.30. The van der Waals surface area contributed by atoms with Crippen molar-refractivity contribution < 1.29 is 19.4 Å². The molecule has 0 bridgehead atoms. The molecule has 2 amide bonds. The predicted molar refractivity (Wildman–Crippen MR) is 102 cm³/mol. The highest BCUT2D eigenvalue weighted by atomic mass is 16.5. The number of amides is 2. The summed E-state index contributed by atoms with van der Waals surface area (Å²) in [5, 5.41) is 13.4. The van der Waals surface area contributed by atoms with E-state index in [1.54, 1.807) is 29.2 Å². The van der Waals surface area contributed by atoms with Crippen LogP contribution in [-0.2, 0) is 4.74 Å². The number of hydrogen-bond acceptors (Lipinski definition) is 4. The van der Waals surface area contributed by atoms with Gasteiger partial charge in [0.1, 0.15) is 0 Å². The molecule has 3 rings (SSSR count). The van der Waals surface area contributed by atoms with Gasteiger partial charge in [0.25, 0.3) is 0 Å². The van der Waals surface area contributed by atoms with Crippen molar-refractivity contribution in [2.24, 2.45) is 5.92 Å². The first-order valence-electron chi connectivity index (χ1n) is 9.06. The van der Waals surface area contributed by atoms with Crippen LogP contribution in [0.1, 0.15) is 34.9 Å². The minimum absolute atomic E-state index is 0.138. The van der Waals surface area contributed by atoms with E-state index in [4.69, 9.17) is 4.74 Å². The molecule has 1 aliphatic rings. The van der Waals surface area contributed by atoms with Crippen LogP contribution in [0.2, 0.25) is 0 Å². The Morgan fingerprint density at radius 2 is 1.81 bits per heavy atom. The van der Waals surface area contributed by atoms with Crippen LogP contribution in [0.4, 0.5) is 10.5 Å². The zero-order valence-electron chi connectivity index (χ0n) is 15.3. The summed E-state index contributed by atoms with van der Waals surface area (Å²) in [7, 11) is 1.32. The minimum atomic E-state index is -0.506. The number of piperidine rings is 1. The summed E-state index contributed by atoms with van der Waals surface area (Å²) in [5.74, 6) is -0.305. The van der Waals surface area contributed by atoms with Crippen LogP contribution in [0, 0.1) is 5.92 Å². The summed E-state index contributed by atoms with van der Waals surface area (Å²) >= 11 is 0. The predicted octanol–water partition coefficient (Wildman–Crippen LogP) is 3.45. The zero-order valence-corrected chi connectivity index (χ0v) is 15.3. The van der Waals surface area contributed by atoms with Crippen molar-refractivity contribution in [3.8, 4) is 0 Å². The van der Waals surface area contributed by atoms with Crippen LogP contribution in [-0.4, -0.2) is 42.2 Å². The number of urea groups is 1. The van der Waals surface area contributed by atoms with E-state index in [-0.39, 0.29) is 11.9 Å². The highest BCUT2D eigenvalue weighted by molar-refractivity contribution is 5.93. The standard InChI is InChI=1S/C21H24N2O4/c1-27-20(25)17-8-5-9-18(14-17)22-21(26)23-12-10-16(11-13-23)19(24)15-6-3-2-4-7-15/h2-9,14,16,19,24H,10-13H2,1H3,(H,22,26). The first-order chi connectivity index (χ1) is 13.1. The van der Waals surface area contributed by atoms with Gasteiger partial charge in [-0.3, -0.25) is 0 Å². The van der Waals surface area contributed by atoms with E-state index < -0.39 is 12.1 Å². The number of esters is 1. The third kappa shape index (κ3) is 4.65. The number of rotatable bonds is 4. The van der Waals surface area contributed by atoms with E-state index in [1.165, 1.54) is 7.11 Å². The molecule has 27 heavy (non-hydrogen) atoms. The summed E-state index contributed by atoms with van der Waals surface area (Å²) < 4.78 is 4.70. The number of carbonyl (C=O) groups is 2. The van der Waals surface area contributed by atoms with Gasteiger partial charge in [-0.2, -0.15) is 0 Å². The van der Waals surface area contributed by atoms with Gasteiger partial charge in [-0.1, -0.05) is 36.4 Å². The molecule has 0 saturated carbocycles. The van der Waals surface area contributed by atoms with E-state index in [1.807, 2.05) is 30.3 Å². The molecule has 6 nitrogen and oxygen atoms in total. The first-order valence-corrected chi connectivity index (χ1v) is 9.06. The van der Waals surface area contributed by atoms with E-state index >= 15 is 0 Å². The van der Waals surface area contributed by atoms with Gasteiger partial charge in [0, 0.05) is 18.8 Å². The van der Waals surface area contributed by atoms with Gasteiger partial charge in [-0.15, -0.1) is 0 Å². The number of nitrogens with one attached hydrogen (secondary N) is 1. The van der Waals surface area contributed by atoms with Crippen molar-refractivity contribution in [3.63, 3.8) is 0 Å². The molecule has 2 N–H and O–H groups in total. The number of nitrogens with zero attached hydrogens (tertiary/aromatic N) is 1. The molecule has 2 aromatic rings. The van der Waals surface area contributed by atoms with Crippen LogP contribution in [0.25, 0.3) is 0 Å². The lowest BCUT2D eigenvalue weighted by molar-refractivity contribution is 0.0600. The van der Waals surface area contributed by atoms with Crippen molar-refractivity contribution in [3.05, 3.63) is 65.7 Å². The second-order valence-electron chi connectivity index (χ2n) is 6.68. The van der Waals surface area contributed by atoms with Crippen LogP contribution in [0.5, 0.6) is 0 Å². The molecule has 2 aromatic carbocycles. The second-order valence-corrected chi connectivity index (χ2v) is 6.68.